The lowest BCUT2D eigenvalue weighted by Crippen LogP contribution is -2.48. The van der Waals surface area contributed by atoms with Crippen molar-refractivity contribution in [2.75, 3.05) is 0 Å². The molecule has 0 radical (unpaired) electrons. The van der Waals surface area contributed by atoms with E-state index >= 15 is 0 Å². The second-order valence-electron chi connectivity index (χ2n) is 5.96. The Hall–Kier alpha value is -0.733. The molecule has 0 aromatic carbocycles. The smallest absolute Gasteiger partial charge is 0.468 e. The van der Waals surface area contributed by atoms with E-state index in [1.54, 1.807) is 41.5 Å². The Morgan fingerprint density at radius 3 is 1.58 bits per heavy atom. The summed E-state index contributed by atoms with van der Waals surface area (Å²) in [5.41, 5.74) is 0.0882. The molecular formula is C12H24O6Si. The third-order valence-electron chi connectivity index (χ3n) is 1.35. The Kier molecular flexibility index (Phi) is 6.37. The van der Waals surface area contributed by atoms with Gasteiger partial charge in [-0.1, -0.05) is 6.58 Å². The van der Waals surface area contributed by atoms with E-state index in [2.05, 4.69) is 6.58 Å². The molecule has 19 heavy (non-hydrogen) atoms. The van der Waals surface area contributed by atoms with Crippen LogP contribution in [0.3, 0.4) is 0 Å². The maximum absolute atomic E-state index is 11.2. The zero-order chi connectivity index (χ0) is 15.3. The molecule has 0 spiro atoms. The van der Waals surface area contributed by atoms with Crippen LogP contribution in [0.4, 0.5) is 0 Å². The predicted molar refractivity (Wildman–Crippen MR) is 71.6 cm³/mol. The van der Waals surface area contributed by atoms with Gasteiger partial charge in [-0.2, -0.15) is 0 Å². The van der Waals surface area contributed by atoms with Crippen LogP contribution in [0.1, 0.15) is 48.5 Å². The van der Waals surface area contributed by atoms with E-state index in [1.165, 1.54) is 12.6 Å². The van der Waals surface area contributed by atoms with Crippen LogP contribution >= 0.6 is 0 Å². The van der Waals surface area contributed by atoms with Gasteiger partial charge < -0.3 is 4.43 Å². The third kappa shape index (κ3) is 8.90. The molecule has 0 amide bonds. The first-order valence-corrected chi connectivity index (χ1v) is 7.76. The van der Waals surface area contributed by atoms with Crippen molar-refractivity contribution >= 4 is 14.8 Å². The summed E-state index contributed by atoms with van der Waals surface area (Å²) in [6.07, 6.45) is 0. The van der Waals surface area contributed by atoms with E-state index in [0.717, 1.165) is 0 Å². The minimum atomic E-state index is -3.58. The molecule has 6 nitrogen and oxygen atoms in total. The lowest BCUT2D eigenvalue weighted by Gasteiger charge is -2.29. The maximum atomic E-state index is 11.2. The first-order chi connectivity index (χ1) is 8.39. The second-order valence-corrected chi connectivity index (χ2v) is 8.11. The number of carbonyl (C=O) groups excluding carboxylic acids is 1. The van der Waals surface area contributed by atoms with Gasteiger partial charge in [-0.05, 0) is 47.2 Å². The van der Waals surface area contributed by atoms with Crippen LogP contribution < -0.4 is 0 Å². The first kappa shape index (κ1) is 18.3. The van der Waals surface area contributed by atoms with Gasteiger partial charge >= 0.3 is 8.80 Å². The molecule has 0 heterocycles. The highest BCUT2D eigenvalue weighted by Gasteiger charge is 2.47. The molecule has 0 aromatic heterocycles. The molecule has 0 saturated heterocycles. The molecule has 0 rings (SSSR count). The zero-order valence-electron chi connectivity index (χ0n) is 12.7. The molecule has 0 fully saturated rings. The van der Waals surface area contributed by atoms with Gasteiger partial charge in [0.05, 0.1) is 11.2 Å². The normalized spacial score (nSPS) is 13.2. The van der Waals surface area contributed by atoms with Crippen molar-refractivity contribution in [2.24, 2.45) is 0 Å². The Morgan fingerprint density at radius 2 is 1.37 bits per heavy atom. The van der Waals surface area contributed by atoms with Crippen LogP contribution in [-0.4, -0.2) is 26.0 Å². The lowest BCUT2D eigenvalue weighted by atomic mass is 10.2. The van der Waals surface area contributed by atoms with Crippen molar-refractivity contribution in [3.8, 4) is 0 Å². The van der Waals surface area contributed by atoms with E-state index in [-0.39, 0.29) is 0 Å². The monoisotopic (exact) mass is 292 g/mol. The fourth-order valence-corrected chi connectivity index (χ4v) is 2.17. The van der Waals surface area contributed by atoms with Crippen LogP contribution in [0, 0.1) is 0 Å². The molecule has 7 heteroatoms. The average molecular weight is 292 g/mol. The number of rotatable bonds is 6. The second kappa shape index (κ2) is 6.62. The summed E-state index contributed by atoms with van der Waals surface area (Å²) < 4.78 is 15.4. The molecule has 0 N–H and O–H groups in total. The minimum absolute atomic E-state index is 0.568. The summed E-state index contributed by atoms with van der Waals surface area (Å²) in [6, 6.07) is 0. The zero-order valence-corrected chi connectivity index (χ0v) is 13.7. The highest BCUT2D eigenvalue weighted by molar-refractivity contribution is 6.67. The largest absolute Gasteiger partial charge is 0.652 e. The SMILES string of the molecule is C=C[Si](OOC(C)(C)C)(OOC(C)(C)C)OC(C)=O. The molecule has 0 aromatic rings. The van der Waals surface area contributed by atoms with Crippen molar-refractivity contribution in [1.82, 2.24) is 0 Å². The van der Waals surface area contributed by atoms with Gasteiger partial charge in [0, 0.05) is 6.92 Å². The summed E-state index contributed by atoms with van der Waals surface area (Å²) >= 11 is 0. The molecule has 0 aliphatic rings. The van der Waals surface area contributed by atoms with Crippen LogP contribution in [0.25, 0.3) is 0 Å². The minimum Gasteiger partial charge on any atom is -0.468 e. The molecule has 0 saturated carbocycles. The first-order valence-electron chi connectivity index (χ1n) is 5.96. The van der Waals surface area contributed by atoms with Gasteiger partial charge in [-0.15, -0.1) is 0 Å². The highest BCUT2D eigenvalue weighted by Crippen LogP contribution is 2.20. The van der Waals surface area contributed by atoms with E-state index < -0.39 is 26.0 Å². The maximum Gasteiger partial charge on any atom is 0.652 e. The summed E-state index contributed by atoms with van der Waals surface area (Å²) in [4.78, 5) is 21.5. The summed E-state index contributed by atoms with van der Waals surface area (Å²) in [5, 5.41) is 0. The highest BCUT2D eigenvalue weighted by atomic mass is 28.4. The molecule has 0 unspecified atom stereocenters. The Morgan fingerprint density at radius 1 is 1.00 bits per heavy atom. The Balaban J connectivity index is 4.87. The van der Waals surface area contributed by atoms with Crippen LogP contribution in [-0.2, 0) is 28.1 Å². The van der Waals surface area contributed by atoms with Gasteiger partial charge in [0.2, 0.25) is 0 Å². The van der Waals surface area contributed by atoms with E-state index in [1.807, 2.05) is 0 Å². The summed E-state index contributed by atoms with van der Waals surface area (Å²) in [5.74, 6) is -0.568. The number of hydrogen-bond acceptors (Lipinski definition) is 6. The fraction of sp³-hybridized carbons (Fsp3) is 0.750. The molecule has 0 atom stereocenters. The Bertz CT molecular complexity index is 297. The average Bonchev–Trinajstić information content (AvgIpc) is 2.19. The number of hydrogen-bond donors (Lipinski definition) is 0. The molecular weight excluding hydrogens is 268 g/mol. The van der Waals surface area contributed by atoms with Gasteiger partial charge in [0.15, 0.2) is 0 Å². The Labute approximate surface area is 115 Å². The van der Waals surface area contributed by atoms with Gasteiger partial charge in [-0.3, -0.25) is 4.79 Å². The van der Waals surface area contributed by atoms with Gasteiger partial charge in [-0.25, -0.2) is 18.9 Å². The van der Waals surface area contributed by atoms with Gasteiger partial charge in [0.25, 0.3) is 5.97 Å². The summed E-state index contributed by atoms with van der Waals surface area (Å²) in [6.45, 7) is 15.5. The molecule has 0 aliphatic carbocycles. The van der Waals surface area contributed by atoms with Crippen LogP contribution in [0.2, 0.25) is 0 Å². The fourth-order valence-electron chi connectivity index (χ4n) is 0.724. The van der Waals surface area contributed by atoms with Gasteiger partial charge in [0.1, 0.15) is 0 Å². The summed E-state index contributed by atoms with van der Waals surface area (Å²) in [7, 11) is -3.58. The van der Waals surface area contributed by atoms with Crippen LogP contribution in [0.15, 0.2) is 12.3 Å². The van der Waals surface area contributed by atoms with Crippen molar-refractivity contribution in [3.05, 3.63) is 12.3 Å². The van der Waals surface area contributed by atoms with Crippen molar-refractivity contribution < 1.29 is 28.1 Å². The molecule has 112 valence electrons. The number of carbonyl (C=O) groups is 1. The predicted octanol–water partition coefficient (Wildman–Crippen LogP) is 2.71. The van der Waals surface area contributed by atoms with Crippen molar-refractivity contribution in [2.45, 2.75) is 59.7 Å². The standard InChI is InChI=1S/C12H24O6Si/c1-9-19(14-10(2)13,17-15-11(3,4)5)18-16-12(6,7)8/h9H,1H2,2-8H3. The van der Waals surface area contributed by atoms with Crippen LogP contribution in [0.5, 0.6) is 0 Å². The third-order valence-corrected chi connectivity index (χ3v) is 3.05. The van der Waals surface area contributed by atoms with E-state index in [4.69, 9.17) is 23.4 Å². The molecule has 0 aliphatic heterocycles. The van der Waals surface area contributed by atoms with Crippen molar-refractivity contribution in [3.63, 3.8) is 0 Å². The van der Waals surface area contributed by atoms with Crippen molar-refractivity contribution in [1.29, 1.82) is 0 Å². The topological polar surface area (TPSA) is 63.2 Å². The van der Waals surface area contributed by atoms with E-state index in [0.29, 0.717) is 0 Å². The van der Waals surface area contributed by atoms with E-state index in [9.17, 15) is 4.79 Å². The lowest BCUT2D eigenvalue weighted by molar-refractivity contribution is -0.360. The quantitative estimate of drug-likeness (QED) is 0.426. The molecule has 0 bridgehead atoms.